The van der Waals surface area contributed by atoms with Crippen LogP contribution in [0.4, 0.5) is 0 Å². The van der Waals surface area contributed by atoms with Gasteiger partial charge in [0.25, 0.3) is 5.91 Å². The Hall–Kier alpha value is -1.88. The number of ether oxygens (including phenoxy) is 1. The van der Waals surface area contributed by atoms with Crippen LogP contribution in [0.3, 0.4) is 0 Å². The summed E-state index contributed by atoms with van der Waals surface area (Å²) in [5.74, 6) is -0.0624. The van der Waals surface area contributed by atoms with Gasteiger partial charge in [-0.2, -0.15) is 0 Å². The average Bonchev–Trinajstić information content (AvgIpc) is 2.94. The number of carbonyl (C=O) groups excluding carboxylic acids is 2. The summed E-state index contributed by atoms with van der Waals surface area (Å²) < 4.78 is 5.53. The maximum atomic E-state index is 13.0. The highest BCUT2D eigenvalue weighted by Crippen LogP contribution is 2.44. The minimum atomic E-state index is -0.160. The molecule has 1 unspecified atom stereocenters. The third-order valence-electron chi connectivity index (χ3n) is 5.55. The van der Waals surface area contributed by atoms with E-state index in [0.29, 0.717) is 26.3 Å². The zero-order chi connectivity index (χ0) is 18.0. The molecule has 25 heavy (non-hydrogen) atoms. The topological polar surface area (TPSA) is 58.6 Å². The summed E-state index contributed by atoms with van der Waals surface area (Å²) in [4.78, 5) is 27.7. The van der Waals surface area contributed by atoms with Crippen LogP contribution in [0.2, 0.25) is 0 Å². The van der Waals surface area contributed by atoms with E-state index in [0.717, 1.165) is 24.0 Å². The van der Waals surface area contributed by atoms with E-state index in [4.69, 9.17) is 4.74 Å². The monoisotopic (exact) mass is 344 g/mol. The number of rotatable bonds is 3. The molecule has 2 amide bonds. The second kappa shape index (κ2) is 7.16. The SMILES string of the molecule is Cc1ccccc1C(=O)N1CC(C(=O)NC(C)C)C2(CCOCC2)C1. The summed E-state index contributed by atoms with van der Waals surface area (Å²) in [6.07, 6.45) is 1.67. The van der Waals surface area contributed by atoms with Crippen molar-refractivity contribution in [1.29, 1.82) is 0 Å². The fourth-order valence-corrected chi connectivity index (χ4v) is 4.14. The van der Waals surface area contributed by atoms with Gasteiger partial charge in [-0.3, -0.25) is 9.59 Å². The summed E-state index contributed by atoms with van der Waals surface area (Å²) in [5.41, 5.74) is 1.55. The van der Waals surface area contributed by atoms with Crippen LogP contribution in [-0.2, 0) is 9.53 Å². The molecule has 3 rings (SSSR count). The van der Waals surface area contributed by atoms with Gasteiger partial charge in [0.2, 0.25) is 5.91 Å². The Bertz CT molecular complexity index is 650. The minimum absolute atomic E-state index is 0.0313. The molecule has 1 spiro atoms. The molecule has 2 saturated heterocycles. The van der Waals surface area contributed by atoms with Crippen molar-refractivity contribution in [2.24, 2.45) is 11.3 Å². The van der Waals surface area contributed by atoms with Crippen molar-refractivity contribution in [2.45, 2.75) is 39.7 Å². The van der Waals surface area contributed by atoms with Crippen molar-refractivity contribution in [2.75, 3.05) is 26.3 Å². The largest absolute Gasteiger partial charge is 0.381 e. The lowest BCUT2D eigenvalue weighted by atomic mass is 9.71. The van der Waals surface area contributed by atoms with Crippen molar-refractivity contribution in [3.8, 4) is 0 Å². The van der Waals surface area contributed by atoms with E-state index in [9.17, 15) is 9.59 Å². The molecular formula is C20H28N2O3. The maximum absolute atomic E-state index is 13.0. The normalized spacial score (nSPS) is 22.4. The Labute approximate surface area is 149 Å². The molecule has 1 aromatic rings. The molecule has 0 radical (unpaired) electrons. The predicted octanol–water partition coefficient (Wildman–Crippen LogP) is 2.39. The molecule has 0 saturated carbocycles. The summed E-state index contributed by atoms with van der Waals surface area (Å²) >= 11 is 0. The third kappa shape index (κ3) is 3.56. The van der Waals surface area contributed by atoms with E-state index in [1.807, 2.05) is 49.9 Å². The van der Waals surface area contributed by atoms with Gasteiger partial charge in [0, 0.05) is 43.3 Å². The van der Waals surface area contributed by atoms with Crippen LogP contribution in [-0.4, -0.2) is 49.1 Å². The van der Waals surface area contributed by atoms with Crippen molar-refractivity contribution in [3.05, 3.63) is 35.4 Å². The zero-order valence-electron chi connectivity index (χ0n) is 15.4. The van der Waals surface area contributed by atoms with Gasteiger partial charge in [0.05, 0.1) is 5.92 Å². The van der Waals surface area contributed by atoms with Crippen LogP contribution in [0.1, 0.15) is 42.6 Å². The number of benzene rings is 1. The quantitative estimate of drug-likeness (QED) is 0.916. The number of carbonyl (C=O) groups is 2. The van der Waals surface area contributed by atoms with Gasteiger partial charge in [-0.25, -0.2) is 0 Å². The first-order valence-corrected chi connectivity index (χ1v) is 9.16. The Morgan fingerprint density at radius 1 is 1.24 bits per heavy atom. The van der Waals surface area contributed by atoms with Gasteiger partial charge in [0.15, 0.2) is 0 Å². The number of hydrogen-bond donors (Lipinski definition) is 1. The molecule has 1 aromatic carbocycles. The molecular weight excluding hydrogens is 316 g/mol. The van der Waals surface area contributed by atoms with E-state index in [2.05, 4.69) is 5.32 Å². The lowest BCUT2D eigenvalue weighted by Gasteiger charge is -2.37. The second-order valence-corrected chi connectivity index (χ2v) is 7.69. The summed E-state index contributed by atoms with van der Waals surface area (Å²) in [7, 11) is 0. The maximum Gasteiger partial charge on any atom is 0.254 e. The number of likely N-dealkylation sites (tertiary alicyclic amines) is 1. The zero-order valence-corrected chi connectivity index (χ0v) is 15.4. The summed E-state index contributed by atoms with van der Waals surface area (Å²) in [6.45, 7) is 8.36. The van der Waals surface area contributed by atoms with Crippen LogP contribution in [0.25, 0.3) is 0 Å². The molecule has 0 aliphatic carbocycles. The van der Waals surface area contributed by atoms with Crippen LogP contribution in [0, 0.1) is 18.3 Å². The molecule has 136 valence electrons. The van der Waals surface area contributed by atoms with Crippen LogP contribution in [0.15, 0.2) is 24.3 Å². The number of hydrogen-bond acceptors (Lipinski definition) is 3. The van der Waals surface area contributed by atoms with Crippen molar-refractivity contribution in [1.82, 2.24) is 10.2 Å². The molecule has 1 N–H and O–H groups in total. The van der Waals surface area contributed by atoms with Gasteiger partial charge in [-0.1, -0.05) is 18.2 Å². The van der Waals surface area contributed by atoms with Crippen LogP contribution in [0.5, 0.6) is 0 Å². The Balaban J connectivity index is 1.85. The van der Waals surface area contributed by atoms with Gasteiger partial charge in [-0.15, -0.1) is 0 Å². The highest BCUT2D eigenvalue weighted by atomic mass is 16.5. The predicted molar refractivity (Wildman–Crippen MR) is 96.3 cm³/mol. The summed E-state index contributed by atoms with van der Waals surface area (Å²) in [6, 6.07) is 7.76. The Kier molecular flexibility index (Phi) is 5.13. The third-order valence-corrected chi connectivity index (χ3v) is 5.55. The molecule has 2 aliphatic heterocycles. The lowest BCUT2D eigenvalue weighted by Crippen LogP contribution is -2.46. The number of nitrogens with zero attached hydrogens (tertiary/aromatic N) is 1. The van der Waals surface area contributed by atoms with E-state index in [1.165, 1.54) is 0 Å². The fraction of sp³-hybridized carbons (Fsp3) is 0.600. The molecule has 0 aromatic heterocycles. The van der Waals surface area contributed by atoms with Crippen LogP contribution < -0.4 is 5.32 Å². The van der Waals surface area contributed by atoms with Gasteiger partial charge in [-0.05, 0) is 45.2 Å². The van der Waals surface area contributed by atoms with E-state index in [1.54, 1.807) is 0 Å². The molecule has 5 heteroatoms. The van der Waals surface area contributed by atoms with Crippen LogP contribution >= 0.6 is 0 Å². The van der Waals surface area contributed by atoms with Crippen molar-refractivity contribution in [3.63, 3.8) is 0 Å². The highest BCUT2D eigenvalue weighted by Gasteiger charge is 2.51. The van der Waals surface area contributed by atoms with Crippen molar-refractivity contribution >= 4 is 11.8 Å². The Morgan fingerprint density at radius 2 is 1.92 bits per heavy atom. The van der Waals surface area contributed by atoms with Gasteiger partial charge in [0.1, 0.15) is 0 Å². The van der Waals surface area contributed by atoms with Crippen molar-refractivity contribution < 1.29 is 14.3 Å². The molecule has 2 heterocycles. The Morgan fingerprint density at radius 3 is 2.56 bits per heavy atom. The number of amides is 2. The fourth-order valence-electron chi connectivity index (χ4n) is 4.14. The first-order chi connectivity index (χ1) is 11.9. The van der Waals surface area contributed by atoms with Gasteiger partial charge < -0.3 is 15.0 Å². The average molecular weight is 344 g/mol. The molecule has 5 nitrogen and oxygen atoms in total. The summed E-state index contributed by atoms with van der Waals surface area (Å²) in [5, 5.41) is 3.05. The molecule has 0 bridgehead atoms. The number of aryl methyl sites for hydroxylation is 1. The standard InChI is InChI=1S/C20H28N2O3/c1-14(2)21-18(23)17-12-22(13-20(17)8-10-25-11-9-20)19(24)16-7-5-4-6-15(16)3/h4-7,14,17H,8-13H2,1-3H3,(H,21,23). The first-order valence-electron chi connectivity index (χ1n) is 9.16. The molecule has 2 fully saturated rings. The second-order valence-electron chi connectivity index (χ2n) is 7.69. The van der Waals surface area contributed by atoms with Gasteiger partial charge >= 0.3 is 0 Å². The molecule has 2 aliphatic rings. The minimum Gasteiger partial charge on any atom is -0.381 e. The number of nitrogens with one attached hydrogen (secondary N) is 1. The molecule has 1 atom stereocenters. The highest BCUT2D eigenvalue weighted by molar-refractivity contribution is 5.96. The smallest absolute Gasteiger partial charge is 0.254 e. The first kappa shape index (κ1) is 17.9. The van der Waals surface area contributed by atoms with E-state index in [-0.39, 0.29) is 29.2 Å². The van der Waals surface area contributed by atoms with E-state index >= 15 is 0 Å². The lowest BCUT2D eigenvalue weighted by molar-refractivity contribution is -0.130. The van der Waals surface area contributed by atoms with E-state index < -0.39 is 0 Å².